The Hall–Kier alpha value is -1.66. The summed E-state index contributed by atoms with van der Waals surface area (Å²) in [4.78, 5) is 11.5. The van der Waals surface area contributed by atoms with Crippen molar-refractivity contribution in [3.8, 4) is 11.4 Å². The number of tetrazole rings is 1. The molecular weight excluding hydrogens is 303 g/mol. The second-order valence-electron chi connectivity index (χ2n) is 4.44. The van der Waals surface area contributed by atoms with E-state index in [9.17, 15) is 9.90 Å². The third-order valence-corrected chi connectivity index (χ3v) is 3.90. The molecule has 1 heterocycles. The summed E-state index contributed by atoms with van der Waals surface area (Å²) >= 11 is 12.3. The third-order valence-electron chi connectivity index (χ3n) is 3.27. The lowest BCUT2D eigenvalue weighted by molar-refractivity contribution is -0.147. The zero-order valence-electron chi connectivity index (χ0n) is 10.8. The summed E-state index contributed by atoms with van der Waals surface area (Å²) in [7, 11) is 0. The topological polar surface area (TPSA) is 80.9 Å². The largest absolute Gasteiger partial charge is 0.479 e. The van der Waals surface area contributed by atoms with Gasteiger partial charge < -0.3 is 5.11 Å². The van der Waals surface area contributed by atoms with Crippen LogP contribution in [0.2, 0.25) is 10.0 Å². The van der Waals surface area contributed by atoms with Crippen LogP contribution in [-0.4, -0.2) is 31.3 Å². The highest BCUT2D eigenvalue weighted by molar-refractivity contribution is 6.38. The molecule has 1 unspecified atom stereocenters. The highest BCUT2D eigenvalue weighted by Crippen LogP contribution is 2.35. The van der Waals surface area contributed by atoms with Gasteiger partial charge in [0.15, 0.2) is 11.4 Å². The van der Waals surface area contributed by atoms with Gasteiger partial charge in [-0.2, -0.15) is 0 Å². The fraction of sp³-hybridized carbons (Fsp3) is 0.333. The second kappa shape index (κ2) is 5.38. The molecule has 6 nitrogen and oxygen atoms in total. The Morgan fingerprint density at radius 2 is 2.00 bits per heavy atom. The number of halogens is 2. The van der Waals surface area contributed by atoms with E-state index in [2.05, 4.69) is 15.5 Å². The second-order valence-corrected chi connectivity index (χ2v) is 5.26. The maximum absolute atomic E-state index is 11.5. The van der Waals surface area contributed by atoms with Crippen molar-refractivity contribution in [2.24, 2.45) is 0 Å². The number of benzene rings is 1. The molecular formula is C12H12Cl2N4O2. The predicted octanol–water partition coefficient (Wildman–Crippen LogP) is 2.86. The van der Waals surface area contributed by atoms with Crippen LogP contribution >= 0.6 is 23.2 Å². The predicted molar refractivity (Wildman–Crippen MR) is 74.8 cm³/mol. The van der Waals surface area contributed by atoms with Gasteiger partial charge in [-0.15, -0.1) is 5.10 Å². The van der Waals surface area contributed by atoms with Crippen molar-refractivity contribution >= 4 is 29.2 Å². The number of carboxylic acid groups (broad SMARTS) is 1. The molecule has 20 heavy (non-hydrogen) atoms. The van der Waals surface area contributed by atoms with Crippen LogP contribution in [0.1, 0.15) is 20.3 Å². The van der Waals surface area contributed by atoms with Crippen molar-refractivity contribution in [2.45, 2.75) is 25.8 Å². The molecule has 0 fully saturated rings. The van der Waals surface area contributed by atoms with E-state index in [0.717, 1.165) is 0 Å². The van der Waals surface area contributed by atoms with Crippen molar-refractivity contribution in [1.29, 1.82) is 0 Å². The SMILES string of the molecule is CCC(C)(C(=O)O)n1nnnc1-c1c(Cl)cccc1Cl. The third kappa shape index (κ3) is 2.25. The van der Waals surface area contributed by atoms with Crippen LogP contribution < -0.4 is 0 Å². The lowest BCUT2D eigenvalue weighted by atomic mass is 9.99. The number of rotatable bonds is 4. The highest BCUT2D eigenvalue weighted by Gasteiger charge is 2.37. The molecule has 0 radical (unpaired) electrons. The number of nitrogens with zero attached hydrogens (tertiary/aromatic N) is 4. The molecule has 0 aliphatic rings. The van der Waals surface area contributed by atoms with Gasteiger partial charge in [0, 0.05) is 0 Å². The lowest BCUT2D eigenvalue weighted by Gasteiger charge is -2.24. The minimum Gasteiger partial charge on any atom is -0.479 e. The van der Waals surface area contributed by atoms with Gasteiger partial charge in [-0.1, -0.05) is 36.2 Å². The first-order valence-electron chi connectivity index (χ1n) is 5.88. The van der Waals surface area contributed by atoms with Crippen molar-refractivity contribution in [2.75, 3.05) is 0 Å². The van der Waals surface area contributed by atoms with E-state index in [0.29, 0.717) is 22.0 Å². The van der Waals surface area contributed by atoms with Crippen molar-refractivity contribution < 1.29 is 9.90 Å². The molecule has 2 rings (SSSR count). The standard InChI is InChI=1S/C12H12Cl2N4O2/c1-3-12(2,11(19)20)18-10(15-16-17-18)9-7(13)5-4-6-8(9)14/h4-6H,3H2,1-2H3,(H,19,20). The fourth-order valence-electron chi connectivity index (χ4n) is 1.78. The van der Waals surface area contributed by atoms with Crippen molar-refractivity contribution in [3.05, 3.63) is 28.2 Å². The van der Waals surface area contributed by atoms with E-state index in [-0.39, 0.29) is 5.82 Å². The molecule has 0 bridgehead atoms. The summed E-state index contributed by atoms with van der Waals surface area (Å²) in [6, 6.07) is 4.98. The van der Waals surface area contributed by atoms with Crippen molar-refractivity contribution in [1.82, 2.24) is 20.2 Å². The Labute approximate surface area is 125 Å². The zero-order chi connectivity index (χ0) is 14.9. The number of hydrogen-bond acceptors (Lipinski definition) is 4. The van der Waals surface area contributed by atoms with Gasteiger partial charge in [-0.25, -0.2) is 9.48 Å². The quantitative estimate of drug-likeness (QED) is 0.938. The van der Waals surface area contributed by atoms with Gasteiger partial charge in [-0.3, -0.25) is 0 Å². The summed E-state index contributed by atoms with van der Waals surface area (Å²) in [5.74, 6) is -0.802. The maximum Gasteiger partial charge on any atom is 0.331 e. The van der Waals surface area contributed by atoms with Gasteiger partial charge in [0.25, 0.3) is 0 Å². The summed E-state index contributed by atoms with van der Waals surface area (Å²) in [6.07, 6.45) is 0.308. The first kappa shape index (κ1) is 14.7. The zero-order valence-corrected chi connectivity index (χ0v) is 12.4. The van der Waals surface area contributed by atoms with Crippen LogP contribution in [0.15, 0.2) is 18.2 Å². The number of carbonyl (C=O) groups is 1. The van der Waals surface area contributed by atoms with Gasteiger partial charge in [0.2, 0.25) is 0 Å². The normalized spacial score (nSPS) is 14.0. The molecule has 0 amide bonds. The van der Waals surface area contributed by atoms with Crippen LogP contribution in [-0.2, 0) is 10.3 Å². The van der Waals surface area contributed by atoms with Gasteiger partial charge in [-0.05, 0) is 35.9 Å². The molecule has 0 saturated heterocycles. The fourth-order valence-corrected chi connectivity index (χ4v) is 2.34. The average Bonchev–Trinajstić information content (AvgIpc) is 2.87. The van der Waals surface area contributed by atoms with Gasteiger partial charge in [0.1, 0.15) is 0 Å². The number of aromatic nitrogens is 4. The van der Waals surface area contributed by atoms with Crippen LogP contribution in [0.3, 0.4) is 0 Å². The Balaban J connectivity index is 2.68. The summed E-state index contributed by atoms with van der Waals surface area (Å²) < 4.78 is 1.24. The molecule has 0 aliphatic carbocycles. The summed E-state index contributed by atoms with van der Waals surface area (Å²) in [5, 5.41) is 21.4. The maximum atomic E-state index is 11.5. The first-order valence-corrected chi connectivity index (χ1v) is 6.64. The Morgan fingerprint density at radius 3 is 2.50 bits per heavy atom. The monoisotopic (exact) mass is 314 g/mol. The molecule has 2 aromatic rings. The Kier molecular flexibility index (Phi) is 3.96. The summed E-state index contributed by atoms with van der Waals surface area (Å²) in [5.41, 5.74) is -0.858. The van der Waals surface area contributed by atoms with Crippen LogP contribution in [0, 0.1) is 0 Å². The molecule has 0 aliphatic heterocycles. The van der Waals surface area contributed by atoms with Crippen LogP contribution in [0.25, 0.3) is 11.4 Å². The first-order chi connectivity index (χ1) is 9.41. The minimum atomic E-state index is -1.28. The molecule has 106 valence electrons. The Morgan fingerprint density at radius 1 is 1.40 bits per heavy atom. The Bertz CT molecular complexity index is 638. The molecule has 0 saturated carbocycles. The number of carboxylic acids is 1. The minimum absolute atomic E-state index is 0.229. The lowest BCUT2D eigenvalue weighted by Crippen LogP contribution is -2.39. The van der Waals surface area contributed by atoms with E-state index < -0.39 is 11.5 Å². The van der Waals surface area contributed by atoms with Gasteiger partial charge in [0.05, 0.1) is 15.6 Å². The molecule has 1 aromatic heterocycles. The highest BCUT2D eigenvalue weighted by atomic mass is 35.5. The molecule has 0 spiro atoms. The van der Waals surface area contributed by atoms with E-state index in [4.69, 9.17) is 23.2 Å². The number of aliphatic carboxylic acids is 1. The van der Waals surface area contributed by atoms with Crippen LogP contribution in [0.4, 0.5) is 0 Å². The van der Waals surface area contributed by atoms with Crippen LogP contribution in [0.5, 0.6) is 0 Å². The molecule has 1 N–H and O–H groups in total. The molecule has 1 atom stereocenters. The number of hydrogen-bond donors (Lipinski definition) is 1. The smallest absolute Gasteiger partial charge is 0.331 e. The van der Waals surface area contributed by atoms with Crippen molar-refractivity contribution in [3.63, 3.8) is 0 Å². The average molecular weight is 315 g/mol. The molecule has 1 aromatic carbocycles. The summed E-state index contributed by atoms with van der Waals surface area (Å²) in [6.45, 7) is 3.29. The van der Waals surface area contributed by atoms with Gasteiger partial charge >= 0.3 is 5.97 Å². The molecule has 8 heteroatoms. The van der Waals surface area contributed by atoms with E-state index in [1.165, 1.54) is 4.68 Å². The van der Waals surface area contributed by atoms with E-state index in [1.807, 2.05) is 0 Å². The van der Waals surface area contributed by atoms with E-state index >= 15 is 0 Å². The van der Waals surface area contributed by atoms with E-state index in [1.54, 1.807) is 32.0 Å².